The van der Waals surface area contributed by atoms with Gasteiger partial charge in [-0.1, -0.05) is 13.8 Å². The number of nitrogens with one attached hydrogen (secondary N) is 2. The summed E-state index contributed by atoms with van der Waals surface area (Å²) < 4.78 is 4.90. The predicted molar refractivity (Wildman–Crippen MR) is 117 cm³/mol. The molecule has 9 heteroatoms. The molecule has 3 aliphatic rings. The number of methoxy groups -OCH3 is 1. The SMILES string of the molecule is COCC(=O)Nc1nc2c(s1)CC1C(C)(CO)C(O)CCC1(C)C2CC(=O)NC1CC1. The predicted octanol–water partition coefficient (Wildman–Crippen LogP) is 1.81. The first-order chi connectivity index (χ1) is 14.7. The van der Waals surface area contributed by atoms with E-state index >= 15 is 0 Å². The summed E-state index contributed by atoms with van der Waals surface area (Å²) in [5, 5.41) is 27.5. The summed E-state index contributed by atoms with van der Waals surface area (Å²) in [7, 11) is 1.47. The summed E-state index contributed by atoms with van der Waals surface area (Å²) >= 11 is 1.42. The Morgan fingerprint density at radius 3 is 2.65 bits per heavy atom. The van der Waals surface area contributed by atoms with Crippen LogP contribution in [-0.4, -0.2) is 59.5 Å². The minimum atomic E-state index is -0.653. The molecule has 31 heavy (non-hydrogen) atoms. The van der Waals surface area contributed by atoms with Crippen molar-refractivity contribution in [2.24, 2.45) is 16.7 Å². The van der Waals surface area contributed by atoms with Crippen molar-refractivity contribution >= 4 is 28.3 Å². The van der Waals surface area contributed by atoms with E-state index in [1.165, 1.54) is 18.4 Å². The highest BCUT2D eigenvalue weighted by Gasteiger charge is 2.59. The van der Waals surface area contributed by atoms with Crippen molar-refractivity contribution < 1.29 is 24.5 Å². The molecule has 2 fully saturated rings. The molecule has 0 aliphatic heterocycles. The normalized spacial score (nSPS) is 34.5. The molecule has 2 saturated carbocycles. The highest BCUT2D eigenvalue weighted by molar-refractivity contribution is 7.15. The number of aliphatic hydroxyl groups is 2. The molecule has 1 heterocycles. The Morgan fingerprint density at radius 1 is 1.26 bits per heavy atom. The molecule has 4 rings (SSSR count). The van der Waals surface area contributed by atoms with Gasteiger partial charge in [-0.25, -0.2) is 4.98 Å². The van der Waals surface area contributed by atoms with Crippen molar-refractivity contribution in [2.75, 3.05) is 25.6 Å². The number of carbonyl (C=O) groups is 2. The van der Waals surface area contributed by atoms with E-state index in [9.17, 15) is 19.8 Å². The smallest absolute Gasteiger partial charge is 0.252 e. The van der Waals surface area contributed by atoms with Crippen LogP contribution in [0.3, 0.4) is 0 Å². The van der Waals surface area contributed by atoms with Gasteiger partial charge in [0.15, 0.2) is 5.13 Å². The quantitative estimate of drug-likeness (QED) is 0.502. The molecule has 3 aliphatic carbocycles. The molecule has 172 valence electrons. The fourth-order valence-electron chi connectivity index (χ4n) is 5.69. The van der Waals surface area contributed by atoms with E-state index < -0.39 is 11.5 Å². The van der Waals surface area contributed by atoms with Gasteiger partial charge in [0, 0.05) is 35.8 Å². The lowest BCUT2D eigenvalue weighted by Crippen LogP contribution is -2.57. The van der Waals surface area contributed by atoms with E-state index in [-0.39, 0.29) is 48.3 Å². The lowest BCUT2D eigenvalue weighted by atomic mass is 9.47. The number of nitrogens with zero attached hydrogens (tertiary/aromatic N) is 1. The van der Waals surface area contributed by atoms with Crippen molar-refractivity contribution in [3.8, 4) is 0 Å². The highest BCUT2D eigenvalue weighted by Crippen LogP contribution is 2.62. The minimum absolute atomic E-state index is 0.00273. The average molecular weight is 452 g/mol. The first-order valence-corrected chi connectivity index (χ1v) is 11.9. The van der Waals surface area contributed by atoms with Gasteiger partial charge in [-0.3, -0.25) is 14.9 Å². The molecule has 2 amide bonds. The average Bonchev–Trinajstić information content (AvgIpc) is 3.44. The second-order valence-electron chi connectivity index (χ2n) is 9.89. The monoisotopic (exact) mass is 451 g/mol. The molecule has 5 atom stereocenters. The van der Waals surface area contributed by atoms with Crippen LogP contribution >= 0.6 is 11.3 Å². The number of hydrogen-bond acceptors (Lipinski definition) is 7. The topological polar surface area (TPSA) is 121 Å². The van der Waals surface area contributed by atoms with Gasteiger partial charge in [0.2, 0.25) is 5.91 Å². The Balaban J connectivity index is 1.70. The Hall–Kier alpha value is -1.55. The van der Waals surface area contributed by atoms with Crippen LogP contribution < -0.4 is 10.6 Å². The zero-order valence-corrected chi connectivity index (χ0v) is 19.3. The molecule has 0 radical (unpaired) electrons. The van der Waals surface area contributed by atoms with Crippen LogP contribution in [0.2, 0.25) is 0 Å². The summed E-state index contributed by atoms with van der Waals surface area (Å²) in [4.78, 5) is 30.6. The second kappa shape index (κ2) is 8.42. The molecule has 1 aromatic heterocycles. The van der Waals surface area contributed by atoms with Crippen LogP contribution in [0, 0.1) is 16.7 Å². The molecule has 5 unspecified atom stereocenters. The van der Waals surface area contributed by atoms with Crippen LogP contribution in [-0.2, 0) is 20.7 Å². The van der Waals surface area contributed by atoms with Crippen molar-refractivity contribution in [3.63, 3.8) is 0 Å². The summed E-state index contributed by atoms with van der Waals surface area (Å²) in [6.07, 6.45) is 3.81. The summed E-state index contributed by atoms with van der Waals surface area (Å²) in [6, 6.07) is 0.286. The molecule has 8 nitrogen and oxygen atoms in total. The van der Waals surface area contributed by atoms with Crippen molar-refractivity contribution in [3.05, 3.63) is 10.6 Å². The molecular formula is C22H33N3O5S. The van der Waals surface area contributed by atoms with Crippen molar-refractivity contribution in [2.45, 2.75) is 70.4 Å². The first kappa shape index (κ1) is 22.6. The molecule has 1 aromatic rings. The van der Waals surface area contributed by atoms with Crippen molar-refractivity contribution in [1.82, 2.24) is 10.3 Å². The third kappa shape index (κ3) is 4.13. The fourth-order valence-corrected chi connectivity index (χ4v) is 6.77. The number of aromatic nitrogens is 1. The van der Waals surface area contributed by atoms with Crippen LogP contribution in [0.1, 0.15) is 62.4 Å². The van der Waals surface area contributed by atoms with Gasteiger partial charge >= 0.3 is 0 Å². The molecule has 0 bridgehead atoms. The maximum atomic E-state index is 12.8. The summed E-state index contributed by atoms with van der Waals surface area (Å²) in [5.41, 5.74) is -0.0645. The van der Waals surface area contributed by atoms with Gasteiger partial charge < -0.3 is 20.3 Å². The number of amides is 2. The van der Waals surface area contributed by atoms with E-state index in [0.717, 1.165) is 29.8 Å². The first-order valence-electron chi connectivity index (χ1n) is 11.1. The number of anilines is 1. The largest absolute Gasteiger partial charge is 0.396 e. The van der Waals surface area contributed by atoms with E-state index in [0.29, 0.717) is 24.4 Å². The fraction of sp³-hybridized carbons (Fsp3) is 0.773. The van der Waals surface area contributed by atoms with Gasteiger partial charge in [0.25, 0.3) is 5.91 Å². The van der Waals surface area contributed by atoms with Crippen LogP contribution in [0.5, 0.6) is 0 Å². The minimum Gasteiger partial charge on any atom is -0.396 e. The number of ether oxygens (including phenoxy) is 1. The van der Waals surface area contributed by atoms with Crippen LogP contribution in [0.15, 0.2) is 0 Å². The van der Waals surface area contributed by atoms with Gasteiger partial charge in [0.05, 0.1) is 18.4 Å². The maximum absolute atomic E-state index is 12.8. The summed E-state index contributed by atoms with van der Waals surface area (Å²) in [5.74, 6) is -0.378. The molecule has 0 aromatic carbocycles. The third-order valence-corrected chi connectivity index (χ3v) is 8.76. The second-order valence-corrected chi connectivity index (χ2v) is 11.0. The molecule has 0 spiro atoms. The van der Waals surface area contributed by atoms with Gasteiger partial charge in [-0.2, -0.15) is 0 Å². The lowest BCUT2D eigenvalue weighted by molar-refractivity contribution is -0.144. The van der Waals surface area contributed by atoms with E-state index in [1.54, 1.807) is 0 Å². The van der Waals surface area contributed by atoms with E-state index in [2.05, 4.69) is 17.6 Å². The number of aliphatic hydroxyl groups excluding tert-OH is 2. The van der Waals surface area contributed by atoms with Crippen LogP contribution in [0.25, 0.3) is 0 Å². The zero-order chi connectivity index (χ0) is 22.4. The highest BCUT2D eigenvalue weighted by atomic mass is 32.1. The van der Waals surface area contributed by atoms with Crippen molar-refractivity contribution in [1.29, 1.82) is 0 Å². The maximum Gasteiger partial charge on any atom is 0.252 e. The molecular weight excluding hydrogens is 418 g/mol. The third-order valence-electron chi connectivity index (χ3n) is 7.75. The number of hydrogen-bond donors (Lipinski definition) is 4. The van der Waals surface area contributed by atoms with Gasteiger partial charge in [-0.05, 0) is 43.4 Å². The Bertz CT molecular complexity index is 856. The molecule has 4 N–H and O–H groups in total. The number of carbonyl (C=O) groups excluding carboxylic acids is 2. The number of thiazole rings is 1. The van der Waals surface area contributed by atoms with E-state index in [1.807, 2.05) is 6.92 Å². The van der Waals surface area contributed by atoms with Crippen LogP contribution in [0.4, 0.5) is 5.13 Å². The molecule has 0 saturated heterocycles. The zero-order valence-electron chi connectivity index (χ0n) is 18.4. The Labute approximate surface area is 186 Å². The summed E-state index contributed by atoms with van der Waals surface area (Å²) in [6.45, 7) is 3.97. The van der Waals surface area contributed by atoms with Gasteiger partial charge in [-0.15, -0.1) is 11.3 Å². The number of rotatable bonds is 7. The Kier molecular flexibility index (Phi) is 6.15. The standard InChI is InChI=1S/C22H33N3O5S/c1-21-7-6-16(27)22(2,11-26)15(21)9-14-19(13(21)8-17(28)23-12-4-5-12)25-20(31-14)24-18(29)10-30-3/h12-13,15-16,26-27H,4-11H2,1-3H3,(H,23,28)(H,24,25,29). The Morgan fingerprint density at radius 2 is 2.00 bits per heavy atom. The number of fused-ring (bicyclic) bond motifs is 2. The van der Waals surface area contributed by atoms with Gasteiger partial charge in [0.1, 0.15) is 6.61 Å². The lowest BCUT2D eigenvalue weighted by Gasteiger charge is -2.58. The van der Waals surface area contributed by atoms with E-state index in [4.69, 9.17) is 9.72 Å².